The van der Waals surface area contributed by atoms with Crippen LogP contribution in [0.15, 0.2) is 97.9 Å². The third kappa shape index (κ3) is 4.50. The Bertz CT molecular complexity index is 1320. The number of halogens is 1. The number of amides is 1. The molecule has 2 heterocycles. The lowest BCUT2D eigenvalue weighted by molar-refractivity contribution is 0.0677. The molecular weight excluding hydrogens is 433 g/mol. The Kier molecular flexibility index (Phi) is 5.96. The maximum absolute atomic E-state index is 14.2. The van der Waals surface area contributed by atoms with Crippen molar-refractivity contribution in [3.8, 4) is 0 Å². The maximum Gasteiger partial charge on any atom is 0.290 e. The second kappa shape index (κ2) is 8.84. The minimum atomic E-state index is -3.93. The summed E-state index contributed by atoms with van der Waals surface area (Å²) >= 11 is 0. The molecule has 164 valence electrons. The molecule has 0 N–H and O–H groups in total. The molecule has 32 heavy (non-hydrogen) atoms. The van der Waals surface area contributed by atoms with Gasteiger partial charge in [0.15, 0.2) is 5.76 Å². The molecule has 0 atom stereocenters. The van der Waals surface area contributed by atoms with Gasteiger partial charge in [-0.1, -0.05) is 35.9 Å². The van der Waals surface area contributed by atoms with Crippen molar-refractivity contribution in [2.24, 2.45) is 0 Å². The minimum Gasteiger partial charge on any atom is -0.467 e. The van der Waals surface area contributed by atoms with Crippen LogP contribution in [0.25, 0.3) is 0 Å². The highest BCUT2D eigenvalue weighted by molar-refractivity contribution is 7.91. The van der Waals surface area contributed by atoms with Crippen molar-refractivity contribution < 1.29 is 26.4 Å². The standard InChI is InChI=1S/C24H20FNO5S/c1-17-8-10-20(11-9-17)32(28,29)23-13-12-22(31-23)24(27)26(16-19-6-4-14-30-19)15-18-5-2-3-7-21(18)25/h2-14H,15-16H2,1H3. The van der Waals surface area contributed by atoms with Crippen molar-refractivity contribution in [3.63, 3.8) is 0 Å². The van der Waals surface area contributed by atoms with Gasteiger partial charge in [-0.3, -0.25) is 4.79 Å². The van der Waals surface area contributed by atoms with Crippen LogP contribution in [0.3, 0.4) is 0 Å². The zero-order chi connectivity index (χ0) is 22.7. The van der Waals surface area contributed by atoms with Gasteiger partial charge < -0.3 is 13.7 Å². The van der Waals surface area contributed by atoms with Gasteiger partial charge in [0.05, 0.1) is 17.7 Å². The number of hydrogen-bond donors (Lipinski definition) is 0. The van der Waals surface area contributed by atoms with E-state index in [4.69, 9.17) is 8.83 Å². The number of sulfone groups is 1. The van der Waals surface area contributed by atoms with Gasteiger partial charge in [-0.25, -0.2) is 12.8 Å². The van der Waals surface area contributed by atoms with Crippen LogP contribution in [0, 0.1) is 12.7 Å². The van der Waals surface area contributed by atoms with E-state index in [9.17, 15) is 17.6 Å². The van der Waals surface area contributed by atoms with Gasteiger partial charge in [-0.15, -0.1) is 0 Å². The molecule has 4 aromatic rings. The van der Waals surface area contributed by atoms with Crippen LogP contribution in [0.5, 0.6) is 0 Å². The first kappa shape index (κ1) is 21.6. The van der Waals surface area contributed by atoms with Crippen molar-refractivity contribution >= 4 is 15.7 Å². The van der Waals surface area contributed by atoms with Crippen LogP contribution >= 0.6 is 0 Å². The van der Waals surface area contributed by atoms with E-state index < -0.39 is 21.6 Å². The number of carbonyl (C=O) groups excluding carboxylic acids is 1. The molecule has 4 rings (SSSR count). The summed E-state index contributed by atoms with van der Waals surface area (Å²) in [5, 5.41) is -0.339. The van der Waals surface area contributed by atoms with E-state index in [-0.39, 0.29) is 28.8 Å². The van der Waals surface area contributed by atoms with E-state index in [0.29, 0.717) is 11.3 Å². The second-order valence-electron chi connectivity index (χ2n) is 7.27. The highest BCUT2D eigenvalue weighted by Crippen LogP contribution is 2.25. The lowest BCUT2D eigenvalue weighted by atomic mass is 10.2. The van der Waals surface area contributed by atoms with Crippen LogP contribution in [0.1, 0.15) is 27.4 Å². The molecule has 0 fully saturated rings. The second-order valence-corrected chi connectivity index (χ2v) is 9.15. The average molecular weight is 453 g/mol. The number of hydrogen-bond acceptors (Lipinski definition) is 5. The molecule has 0 unspecified atom stereocenters. The Hall–Kier alpha value is -3.65. The van der Waals surface area contributed by atoms with Crippen molar-refractivity contribution in [2.45, 2.75) is 30.0 Å². The summed E-state index contributed by atoms with van der Waals surface area (Å²) < 4.78 is 50.7. The van der Waals surface area contributed by atoms with E-state index in [1.165, 1.54) is 41.5 Å². The first-order valence-electron chi connectivity index (χ1n) is 9.81. The quantitative estimate of drug-likeness (QED) is 0.394. The molecule has 0 aliphatic carbocycles. The molecule has 0 spiro atoms. The summed E-state index contributed by atoms with van der Waals surface area (Å²) in [6.07, 6.45) is 1.47. The van der Waals surface area contributed by atoms with Crippen LogP contribution < -0.4 is 0 Å². The van der Waals surface area contributed by atoms with Gasteiger partial charge in [0.2, 0.25) is 14.9 Å². The summed E-state index contributed by atoms with van der Waals surface area (Å²) in [5.74, 6) is -0.714. The predicted octanol–water partition coefficient (Wildman–Crippen LogP) is 5.00. The number of aryl methyl sites for hydroxylation is 1. The molecule has 2 aromatic carbocycles. The Labute approximate surface area is 184 Å². The highest BCUT2D eigenvalue weighted by Gasteiger charge is 2.26. The van der Waals surface area contributed by atoms with Crippen LogP contribution in [0.2, 0.25) is 0 Å². The first-order valence-corrected chi connectivity index (χ1v) is 11.3. The fraction of sp³-hybridized carbons (Fsp3) is 0.125. The minimum absolute atomic E-state index is 0.0487. The molecule has 0 saturated heterocycles. The number of benzene rings is 2. The monoisotopic (exact) mass is 453 g/mol. The van der Waals surface area contributed by atoms with Gasteiger partial charge in [0.25, 0.3) is 5.91 Å². The number of nitrogens with zero attached hydrogens (tertiary/aromatic N) is 1. The SMILES string of the molecule is Cc1ccc(S(=O)(=O)c2ccc(C(=O)N(Cc3ccco3)Cc3ccccc3F)o2)cc1. The third-order valence-electron chi connectivity index (χ3n) is 4.92. The van der Waals surface area contributed by atoms with E-state index >= 15 is 0 Å². The average Bonchev–Trinajstić information content (AvgIpc) is 3.47. The summed E-state index contributed by atoms with van der Waals surface area (Å²) in [6.45, 7) is 1.86. The molecule has 0 aliphatic rings. The van der Waals surface area contributed by atoms with Crippen molar-refractivity contribution in [1.29, 1.82) is 0 Å². The summed E-state index contributed by atoms with van der Waals surface area (Å²) in [4.78, 5) is 14.6. The van der Waals surface area contributed by atoms with E-state index in [1.807, 2.05) is 6.92 Å². The van der Waals surface area contributed by atoms with Gasteiger partial charge in [0.1, 0.15) is 11.6 Å². The lowest BCUT2D eigenvalue weighted by Crippen LogP contribution is -2.30. The lowest BCUT2D eigenvalue weighted by Gasteiger charge is -2.21. The van der Waals surface area contributed by atoms with E-state index in [1.54, 1.807) is 42.5 Å². The first-order chi connectivity index (χ1) is 15.3. The smallest absolute Gasteiger partial charge is 0.290 e. The van der Waals surface area contributed by atoms with E-state index in [0.717, 1.165) is 5.56 Å². The Balaban J connectivity index is 1.63. The molecule has 0 radical (unpaired) electrons. The highest BCUT2D eigenvalue weighted by atomic mass is 32.2. The largest absolute Gasteiger partial charge is 0.467 e. The van der Waals surface area contributed by atoms with Crippen molar-refractivity contribution in [2.75, 3.05) is 0 Å². The number of rotatable bonds is 7. The predicted molar refractivity (Wildman–Crippen MR) is 114 cm³/mol. The Morgan fingerprint density at radius 3 is 2.38 bits per heavy atom. The topological polar surface area (TPSA) is 80.7 Å². The zero-order valence-electron chi connectivity index (χ0n) is 17.2. The van der Waals surface area contributed by atoms with Crippen LogP contribution in [0.4, 0.5) is 4.39 Å². The van der Waals surface area contributed by atoms with Gasteiger partial charge in [-0.05, 0) is 49.4 Å². The van der Waals surface area contributed by atoms with Crippen molar-refractivity contribution in [1.82, 2.24) is 4.90 Å². The fourth-order valence-corrected chi connectivity index (χ4v) is 4.36. The zero-order valence-corrected chi connectivity index (χ0v) is 18.0. The van der Waals surface area contributed by atoms with Gasteiger partial charge >= 0.3 is 0 Å². The third-order valence-corrected chi connectivity index (χ3v) is 6.56. The maximum atomic E-state index is 14.2. The van der Waals surface area contributed by atoms with Gasteiger partial charge in [-0.2, -0.15) is 0 Å². The molecule has 8 heteroatoms. The molecule has 0 saturated carbocycles. The molecule has 6 nitrogen and oxygen atoms in total. The molecule has 0 aliphatic heterocycles. The summed E-state index contributed by atoms with van der Waals surface area (Å²) in [5.41, 5.74) is 1.23. The van der Waals surface area contributed by atoms with Crippen LogP contribution in [-0.4, -0.2) is 19.2 Å². The Morgan fingerprint density at radius 2 is 1.69 bits per heavy atom. The molecule has 0 bridgehead atoms. The summed E-state index contributed by atoms with van der Waals surface area (Å²) in [7, 11) is -3.93. The van der Waals surface area contributed by atoms with Crippen LogP contribution in [-0.2, 0) is 22.9 Å². The number of carbonyl (C=O) groups is 1. The van der Waals surface area contributed by atoms with Crippen molar-refractivity contribution in [3.05, 3.63) is 108 Å². The van der Waals surface area contributed by atoms with Gasteiger partial charge in [0, 0.05) is 12.1 Å². The molecular formula is C24H20FNO5S. The van der Waals surface area contributed by atoms with E-state index in [2.05, 4.69) is 0 Å². The molecule has 2 aromatic heterocycles. The Morgan fingerprint density at radius 1 is 0.938 bits per heavy atom. The number of furan rings is 2. The normalized spacial score (nSPS) is 11.4. The fourth-order valence-electron chi connectivity index (χ4n) is 3.19. The molecule has 1 amide bonds. The summed E-state index contributed by atoms with van der Waals surface area (Å²) in [6, 6.07) is 18.4.